The fourth-order valence-corrected chi connectivity index (χ4v) is 5.49. The van der Waals surface area contributed by atoms with E-state index in [2.05, 4.69) is 15.5 Å². The second-order valence-corrected chi connectivity index (χ2v) is 10.4. The molecule has 2 aliphatic heterocycles. The zero-order chi connectivity index (χ0) is 28.3. The molecule has 2 aromatic rings. The van der Waals surface area contributed by atoms with Crippen molar-refractivity contribution >= 4 is 39.5 Å². The molecule has 2 amide bonds. The van der Waals surface area contributed by atoms with Crippen LogP contribution in [0.5, 0.6) is 0 Å². The lowest BCUT2D eigenvalue weighted by Gasteiger charge is -2.36. The number of ether oxygens (including phenoxy) is 1. The number of carbonyl (C=O) groups is 3. The first-order valence-corrected chi connectivity index (χ1v) is 13.1. The molecule has 4 rings (SSSR count). The molecule has 2 N–H and O–H groups in total. The SMILES string of the molecule is [B]C([B])(Nc1cccc2c1CN(C(CCC=O)C(=O)NC)C2=O)c1cc(CN2CC(C)OC(C)C2)ccc1F. The number of likely N-dealkylation sites (N-methyl/N-ethyl adjacent to an activating group) is 1. The molecule has 202 valence electrons. The van der Waals surface area contributed by atoms with Crippen LogP contribution in [-0.4, -0.2) is 82.0 Å². The number of hydrogen-bond donors (Lipinski definition) is 2. The number of nitrogens with one attached hydrogen (secondary N) is 2. The Kier molecular flexibility index (Phi) is 8.81. The van der Waals surface area contributed by atoms with Crippen LogP contribution in [0.15, 0.2) is 36.4 Å². The van der Waals surface area contributed by atoms with Crippen molar-refractivity contribution in [1.29, 1.82) is 0 Å². The number of carbonyl (C=O) groups excluding carboxylic acids is 3. The number of amides is 2. The number of rotatable bonds is 10. The van der Waals surface area contributed by atoms with E-state index in [1.54, 1.807) is 30.3 Å². The van der Waals surface area contributed by atoms with Crippen LogP contribution in [0.4, 0.5) is 10.1 Å². The summed E-state index contributed by atoms with van der Waals surface area (Å²) in [6.07, 6.45) is 1.25. The average molecular weight is 530 g/mol. The van der Waals surface area contributed by atoms with Gasteiger partial charge in [-0.3, -0.25) is 14.5 Å². The van der Waals surface area contributed by atoms with Gasteiger partial charge in [0, 0.05) is 56.5 Å². The largest absolute Gasteiger partial charge is 0.392 e. The maximum absolute atomic E-state index is 15.1. The Hall–Kier alpha value is -3.17. The van der Waals surface area contributed by atoms with Crippen molar-refractivity contribution in [1.82, 2.24) is 15.1 Å². The molecular formula is C28H33B2FN4O4. The van der Waals surface area contributed by atoms with Gasteiger partial charge < -0.3 is 25.1 Å². The van der Waals surface area contributed by atoms with Crippen molar-refractivity contribution in [2.45, 2.75) is 63.4 Å². The molecule has 0 saturated carbocycles. The number of morpholine rings is 1. The van der Waals surface area contributed by atoms with Crippen molar-refractivity contribution in [2.75, 3.05) is 25.5 Å². The Balaban J connectivity index is 1.57. The van der Waals surface area contributed by atoms with Gasteiger partial charge in [-0.2, -0.15) is 0 Å². The van der Waals surface area contributed by atoms with Crippen LogP contribution < -0.4 is 10.6 Å². The number of nitrogens with zero attached hydrogens (tertiary/aromatic N) is 2. The van der Waals surface area contributed by atoms with Crippen molar-refractivity contribution < 1.29 is 23.5 Å². The molecular weight excluding hydrogens is 497 g/mol. The molecule has 1 fully saturated rings. The summed E-state index contributed by atoms with van der Waals surface area (Å²) in [6, 6.07) is 8.96. The molecule has 2 aromatic carbocycles. The number of benzene rings is 2. The molecule has 2 aliphatic rings. The molecule has 0 bridgehead atoms. The van der Waals surface area contributed by atoms with E-state index in [4.69, 9.17) is 20.4 Å². The van der Waals surface area contributed by atoms with Crippen LogP contribution in [0.1, 0.15) is 53.7 Å². The predicted molar refractivity (Wildman–Crippen MR) is 148 cm³/mol. The molecule has 0 aromatic heterocycles. The van der Waals surface area contributed by atoms with Gasteiger partial charge in [0.2, 0.25) is 5.91 Å². The van der Waals surface area contributed by atoms with Gasteiger partial charge in [-0.05, 0) is 54.9 Å². The Morgan fingerprint density at radius 2 is 1.95 bits per heavy atom. The molecule has 39 heavy (non-hydrogen) atoms. The average Bonchev–Trinajstić information content (AvgIpc) is 3.21. The van der Waals surface area contributed by atoms with Gasteiger partial charge in [0.25, 0.3) is 5.91 Å². The maximum Gasteiger partial charge on any atom is 0.255 e. The Bertz CT molecular complexity index is 1230. The predicted octanol–water partition coefficient (Wildman–Crippen LogP) is 2.04. The fraction of sp³-hybridized carbons (Fsp3) is 0.464. The highest BCUT2D eigenvalue weighted by atomic mass is 19.1. The third kappa shape index (κ3) is 6.36. The number of aldehydes is 1. The van der Waals surface area contributed by atoms with Crippen LogP contribution >= 0.6 is 0 Å². The first kappa shape index (κ1) is 28.8. The summed E-state index contributed by atoms with van der Waals surface area (Å²) in [5, 5.41) is 3.80. The lowest BCUT2D eigenvalue weighted by atomic mass is 9.57. The number of anilines is 1. The summed E-state index contributed by atoms with van der Waals surface area (Å²) in [5.74, 6) is -1.25. The van der Waals surface area contributed by atoms with E-state index in [1.807, 2.05) is 13.8 Å². The lowest BCUT2D eigenvalue weighted by molar-refractivity contribution is -0.125. The van der Waals surface area contributed by atoms with Crippen LogP contribution in [0.25, 0.3) is 0 Å². The number of fused-ring (bicyclic) bond motifs is 1. The monoisotopic (exact) mass is 530 g/mol. The van der Waals surface area contributed by atoms with E-state index in [-0.39, 0.29) is 49.0 Å². The highest BCUT2D eigenvalue weighted by Crippen LogP contribution is 2.34. The van der Waals surface area contributed by atoms with Crippen LogP contribution in [0.3, 0.4) is 0 Å². The van der Waals surface area contributed by atoms with Crippen molar-refractivity contribution in [3.05, 3.63) is 64.5 Å². The Labute approximate surface area is 231 Å². The van der Waals surface area contributed by atoms with Crippen LogP contribution in [0.2, 0.25) is 0 Å². The molecule has 8 nitrogen and oxygen atoms in total. The fourth-order valence-electron chi connectivity index (χ4n) is 5.49. The number of hydrogen-bond acceptors (Lipinski definition) is 6. The zero-order valence-electron chi connectivity index (χ0n) is 22.6. The third-order valence-electron chi connectivity index (χ3n) is 7.20. The van der Waals surface area contributed by atoms with Gasteiger partial charge in [0.1, 0.15) is 18.1 Å². The normalized spacial score (nSPS) is 20.4. The van der Waals surface area contributed by atoms with E-state index in [0.29, 0.717) is 23.4 Å². The molecule has 0 aliphatic carbocycles. The van der Waals surface area contributed by atoms with Crippen molar-refractivity contribution in [3.8, 4) is 0 Å². The summed E-state index contributed by atoms with van der Waals surface area (Å²) in [4.78, 5) is 40.4. The minimum atomic E-state index is -1.80. The van der Waals surface area contributed by atoms with Gasteiger partial charge in [0.05, 0.1) is 27.9 Å². The molecule has 3 unspecified atom stereocenters. The minimum absolute atomic E-state index is 0.0855. The number of halogens is 1. The highest BCUT2D eigenvalue weighted by Gasteiger charge is 2.37. The van der Waals surface area contributed by atoms with Crippen molar-refractivity contribution in [2.24, 2.45) is 0 Å². The third-order valence-corrected chi connectivity index (χ3v) is 7.20. The Morgan fingerprint density at radius 3 is 2.62 bits per heavy atom. The second-order valence-electron chi connectivity index (χ2n) is 10.4. The van der Waals surface area contributed by atoms with Gasteiger partial charge in [-0.25, -0.2) is 4.39 Å². The quantitative estimate of drug-likeness (QED) is 0.361. The molecule has 4 radical (unpaired) electrons. The summed E-state index contributed by atoms with van der Waals surface area (Å²) < 4.78 is 20.9. The summed E-state index contributed by atoms with van der Waals surface area (Å²) in [5.41, 5.74) is 2.39. The molecule has 3 atom stereocenters. The maximum atomic E-state index is 15.1. The first-order chi connectivity index (χ1) is 18.5. The van der Waals surface area contributed by atoms with Gasteiger partial charge >= 0.3 is 0 Å². The standard InChI is InChI=1S/C28H33B2FN4O4/c1-17-13-34(14-18(2)39-17)15-19-9-10-23(31)22(12-19)28(29,30)33-24-7-4-6-20-21(24)16-35(27(20)38)25(8-5-11-36)26(37)32-3/h4,6-7,9-12,17-18,25,33H,5,8,13-16H2,1-3H3,(H,32,37). The van der Waals surface area contributed by atoms with E-state index in [0.717, 1.165) is 24.9 Å². The summed E-state index contributed by atoms with van der Waals surface area (Å²) in [7, 11) is 14.4. The van der Waals surface area contributed by atoms with E-state index in [1.165, 1.54) is 18.0 Å². The van der Waals surface area contributed by atoms with E-state index in [9.17, 15) is 14.4 Å². The summed E-state index contributed by atoms with van der Waals surface area (Å²) in [6.45, 7) is 6.27. The first-order valence-electron chi connectivity index (χ1n) is 13.1. The minimum Gasteiger partial charge on any atom is -0.392 e. The van der Waals surface area contributed by atoms with Crippen molar-refractivity contribution in [3.63, 3.8) is 0 Å². The zero-order valence-corrected chi connectivity index (χ0v) is 22.6. The van der Waals surface area contributed by atoms with Gasteiger partial charge in [-0.15, -0.1) is 0 Å². The smallest absolute Gasteiger partial charge is 0.255 e. The summed E-state index contributed by atoms with van der Waals surface area (Å²) >= 11 is 0. The van der Waals surface area contributed by atoms with Gasteiger partial charge in [0.15, 0.2) is 0 Å². The molecule has 2 heterocycles. The van der Waals surface area contributed by atoms with E-state index >= 15 is 4.39 Å². The highest BCUT2D eigenvalue weighted by molar-refractivity contribution is 6.41. The molecule has 11 heteroatoms. The van der Waals surface area contributed by atoms with Crippen LogP contribution in [-0.2, 0) is 32.8 Å². The topological polar surface area (TPSA) is 91.0 Å². The molecule has 0 spiro atoms. The lowest BCUT2D eigenvalue weighted by Crippen LogP contribution is -2.46. The van der Waals surface area contributed by atoms with E-state index < -0.39 is 17.2 Å². The Morgan fingerprint density at radius 1 is 1.23 bits per heavy atom. The second kappa shape index (κ2) is 11.9. The van der Waals surface area contributed by atoms with Gasteiger partial charge in [-0.1, -0.05) is 18.2 Å². The van der Waals surface area contributed by atoms with Crippen LogP contribution in [0, 0.1) is 5.82 Å². The molecule has 1 saturated heterocycles.